The molecule has 0 unspecified atom stereocenters. The molecule has 2 aliphatic rings. The van der Waals surface area contributed by atoms with Crippen LogP contribution in [0.25, 0.3) is 0 Å². The van der Waals surface area contributed by atoms with Gasteiger partial charge in [-0.1, -0.05) is 34.9 Å². The van der Waals surface area contributed by atoms with E-state index in [9.17, 15) is 9.59 Å². The Labute approximate surface area is 168 Å². The predicted molar refractivity (Wildman–Crippen MR) is 108 cm³/mol. The van der Waals surface area contributed by atoms with E-state index >= 15 is 0 Å². The molecule has 1 aromatic rings. The summed E-state index contributed by atoms with van der Waals surface area (Å²) >= 11 is 3.46. The van der Waals surface area contributed by atoms with Crippen molar-refractivity contribution in [1.82, 2.24) is 10.2 Å². The van der Waals surface area contributed by atoms with E-state index in [4.69, 9.17) is 4.84 Å². The first-order valence-electron chi connectivity index (χ1n) is 9.38. The van der Waals surface area contributed by atoms with Crippen molar-refractivity contribution < 1.29 is 14.4 Å². The maximum atomic E-state index is 12.8. The second-order valence-corrected chi connectivity index (χ2v) is 8.70. The molecule has 0 radical (unpaired) electrons. The maximum absolute atomic E-state index is 12.8. The Balaban J connectivity index is 1.55. The van der Waals surface area contributed by atoms with Crippen LogP contribution in [0.2, 0.25) is 0 Å². The zero-order valence-electron chi connectivity index (χ0n) is 16.0. The molecule has 2 heterocycles. The quantitative estimate of drug-likeness (QED) is 0.788. The van der Waals surface area contributed by atoms with E-state index in [2.05, 4.69) is 26.4 Å². The number of nitrogens with one attached hydrogen (secondary N) is 1. The smallest absolute Gasteiger partial charge is 0.269 e. The molecule has 0 aliphatic carbocycles. The molecule has 0 saturated carbocycles. The zero-order valence-corrected chi connectivity index (χ0v) is 17.6. The SMILES string of the molecule is Cc1cc(C(=O)N2CCC3(CC2)CC(C(=O)NCC(C)C)=NO3)ccc1Br. The van der Waals surface area contributed by atoms with Crippen LogP contribution in [0.3, 0.4) is 0 Å². The molecule has 1 saturated heterocycles. The summed E-state index contributed by atoms with van der Waals surface area (Å²) in [4.78, 5) is 32.5. The monoisotopic (exact) mass is 435 g/mol. The fourth-order valence-corrected chi connectivity index (χ4v) is 3.63. The fraction of sp³-hybridized carbons (Fsp3) is 0.550. The van der Waals surface area contributed by atoms with E-state index in [-0.39, 0.29) is 11.8 Å². The molecule has 1 fully saturated rings. The Bertz CT molecular complexity index is 768. The van der Waals surface area contributed by atoms with Crippen molar-refractivity contribution in [2.45, 2.75) is 45.6 Å². The molecule has 0 atom stereocenters. The Morgan fingerprint density at radius 1 is 1.33 bits per heavy atom. The van der Waals surface area contributed by atoms with Crippen molar-refractivity contribution in [1.29, 1.82) is 0 Å². The summed E-state index contributed by atoms with van der Waals surface area (Å²) in [6.07, 6.45) is 1.87. The van der Waals surface area contributed by atoms with Crippen LogP contribution < -0.4 is 5.32 Å². The lowest BCUT2D eigenvalue weighted by Crippen LogP contribution is -2.47. The van der Waals surface area contributed by atoms with E-state index < -0.39 is 5.60 Å². The summed E-state index contributed by atoms with van der Waals surface area (Å²) < 4.78 is 0.997. The van der Waals surface area contributed by atoms with Gasteiger partial charge in [0.1, 0.15) is 11.3 Å². The number of likely N-dealkylation sites (tertiary alicyclic amines) is 1. The van der Waals surface area contributed by atoms with Crippen molar-refractivity contribution in [2.24, 2.45) is 11.1 Å². The van der Waals surface area contributed by atoms with Gasteiger partial charge in [-0.05, 0) is 36.6 Å². The van der Waals surface area contributed by atoms with Crippen LogP contribution in [0.4, 0.5) is 0 Å². The van der Waals surface area contributed by atoms with Crippen molar-refractivity contribution in [3.8, 4) is 0 Å². The van der Waals surface area contributed by atoms with Crippen LogP contribution in [0, 0.1) is 12.8 Å². The number of nitrogens with zero attached hydrogens (tertiary/aromatic N) is 2. The summed E-state index contributed by atoms with van der Waals surface area (Å²) in [6, 6.07) is 5.66. The molecule has 0 aromatic heterocycles. The number of benzene rings is 1. The molecule has 6 nitrogen and oxygen atoms in total. The Hall–Kier alpha value is -1.89. The summed E-state index contributed by atoms with van der Waals surface area (Å²) in [5, 5.41) is 6.92. The lowest BCUT2D eigenvalue weighted by Gasteiger charge is -2.37. The minimum absolute atomic E-state index is 0.0364. The van der Waals surface area contributed by atoms with Crippen LogP contribution in [-0.4, -0.2) is 47.7 Å². The van der Waals surface area contributed by atoms with Gasteiger partial charge in [0.05, 0.1) is 0 Å². The van der Waals surface area contributed by atoms with Crippen LogP contribution in [0.15, 0.2) is 27.8 Å². The predicted octanol–water partition coefficient (Wildman–Crippen LogP) is 3.28. The lowest BCUT2D eigenvalue weighted by molar-refractivity contribution is -0.115. The highest BCUT2D eigenvalue weighted by Crippen LogP contribution is 2.35. The lowest BCUT2D eigenvalue weighted by atomic mass is 9.86. The highest BCUT2D eigenvalue weighted by molar-refractivity contribution is 9.10. The highest BCUT2D eigenvalue weighted by atomic mass is 79.9. The Morgan fingerprint density at radius 3 is 2.67 bits per heavy atom. The number of piperidine rings is 1. The Morgan fingerprint density at radius 2 is 2.04 bits per heavy atom. The largest absolute Gasteiger partial charge is 0.388 e. The van der Waals surface area contributed by atoms with E-state index in [1.54, 1.807) is 0 Å². The molecular weight excluding hydrogens is 410 g/mol. The first-order valence-corrected chi connectivity index (χ1v) is 10.2. The molecule has 2 aliphatic heterocycles. The second kappa shape index (κ2) is 8.00. The van der Waals surface area contributed by atoms with Gasteiger partial charge < -0.3 is 15.1 Å². The standard InChI is InChI=1S/C20H26BrN3O3/c1-13(2)12-22-18(25)17-11-20(27-23-17)6-8-24(9-7-20)19(26)15-4-5-16(21)14(3)10-15/h4-5,10,13H,6-9,11-12H2,1-3H3,(H,22,25). The molecule has 0 bridgehead atoms. The van der Waals surface area contributed by atoms with Gasteiger partial charge in [-0.3, -0.25) is 9.59 Å². The molecule has 1 aromatic carbocycles. The molecule has 146 valence electrons. The Kier molecular flexibility index (Phi) is 5.89. The molecule has 7 heteroatoms. The molecule has 1 N–H and O–H groups in total. The number of hydrogen-bond acceptors (Lipinski definition) is 4. The van der Waals surface area contributed by atoms with Crippen LogP contribution in [-0.2, 0) is 9.63 Å². The fourth-order valence-electron chi connectivity index (χ4n) is 3.39. The average Bonchev–Trinajstić information content (AvgIpc) is 3.06. The number of aryl methyl sites for hydroxylation is 1. The summed E-state index contributed by atoms with van der Waals surface area (Å²) in [6.45, 7) is 7.90. The number of carbonyl (C=O) groups is 2. The van der Waals surface area contributed by atoms with Crippen molar-refractivity contribution in [3.05, 3.63) is 33.8 Å². The third-order valence-electron chi connectivity index (χ3n) is 5.14. The van der Waals surface area contributed by atoms with Crippen molar-refractivity contribution >= 4 is 33.5 Å². The van der Waals surface area contributed by atoms with Gasteiger partial charge in [-0.25, -0.2) is 0 Å². The molecule has 27 heavy (non-hydrogen) atoms. The van der Waals surface area contributed by atoms with Gasteiger partial charge >= 0.3 is 0 Å². The van der Waals surface area contributed by atoms with E-state index in [0.29, 0.717) is 56.1 Å². The maximum Gasteiger partial charge on any atom is 0.269 e. The number of halogens is 1. The minimum Gasteiger partial charge on any atom is -0.388 e. The third-order valence-corrected chi connectivity index (χ3v) is 6.03. The van der Waals surface area contributed by atoms with Crippen molar-refractivity contribution in [2.75, 3.05) is 19.6 Å². The van der Waals surface area contributed by atoms with Gasteiger partial charge in [0, 0.05) is 48.9 Å². The van der Waals surface area contributed by atoms with E-state index in [1.807, 2.05) is 43.9 Å². The van der Waals surface area contributed by atoms with Gasteiger partial charge in [0.15, 0.2) is 0 Å². The second-order valence-electron chi connectivity index (χ2n) is 7.85. The van der Waals surface area contributed by atoms with E-state index in [0.717, 1.165) is 10.0 Å². The van der Waals surface area contributed by atoms with Gasteiger partial charge in [0.25, 0.3) is 11.8 Å². The van der Waals surface area contributed by atoms with Gasteiger partial charge in [-0.15, -0.1) is 0 Å². The number of rotatable bonds is 4. The molecule has 1 spiro atoms. The average molecular weight is 436 g/mol. The summed E-state index contributed by atoms with van der Waals surface area (Å²) in [5.74, 6) is 0.279. The van der Waals surface area contributed by atoms with E-state index in [1.165, 1.54) is 0 Å². The molecular formula is C20H26BrN3O3. The first-order chi connectivity index (χ1) is 12.8. The number of hydrogen-bond donors (Lipinski definition) is 1. The summed E-state index contributed by atoms with van der Waals surface area (Å²) in [5.41, 5.74) is 1.75. The minimum atomic E-state index is -0.448. The van der Waals surface area contributed by atoms with Crippen LogP contribution in [0.1, 0.15) is 49.0 Å². The van der Waals surface area contributed by atoms with Crippen LogP contribution >= 0.6 is 15.9 Å². The first kappa shape index (κ1) is 19.9. The third kappa shape index (κ3) is 4.51. The van der Waals surface area contributed by atoms with Gasteiger partial charge in [-0.2, -0.15) is 0 Å². The number of carbonyl (C=O) groups excluding carboxylic acids is 2. The molecule has 3 rings (SSSR count). The summed E-state index contributed by atoms with van der Waals surface area (Å²) in [7, 11) is 0. The van der Waals surface area contributed by atoms with Gasteiger partial charge in [0.2, 0.25) is 0 Å². The topological polar surface area (TPSA) is 71.0 Å². The highest BCUT2D eigenvalue weighted by Gasteiger charge is 2.44. The number of oxime groups is 1. The molecule has 2 amide bonds. The van der Waals surface area contributed by atoms with Crippen molar-refractivity contribution in [3.63, 3.8) is 0 Å². The number of amides is 2. The van der Waals surface area contributed by atoms with Crippen LogP contribution in [0.5, 0.6) is 0 Å². The normalized spacial score (nSPS) is 18.4. The zero-order chi connectivity index (χ0) is 19.6.